The third-order valence-corrected chi connectivity index (χ3v) is 2.34. The van der Waals surface area contributed by atoms with Gasteiger partial charge in [0.15, 0.2) is 0 Å². The molecule has 2 N–H and O–H groups in total. The topological polar surface area (TPSA) is 40.5 Å². The van der Waals surface area contributed by atoms with Crippen LogP contribution in [0.3, 0.4) is 0 Å². The van der Waals surface area contributed by atoms with Gasteiger partial charge in [-0.15, -0.1) is 0 Å². The molecule has 0 amide bonds. The summed E-state index contributed by atoms with van der Waals surface area (Å²) in [5, 5.41) is 18.1. The van der Waals surface area contributed by atoms with E-state index in [1.54, 1.807) is 0 Å². The summed E-state index contributed by atoms with van der Waals surface area (Å²) < 4.78 is 0. The van der Waals surface area contributed by atoms with Crippen LogP contribution >= 0.6 is 0 Å². The van der Waals surface area contributed by atoms with E-state index in [-0.39, 0.29) is 18.6 Å². The Kier molecular flexibility index (Phi) is 8.72. The Morgan fingerprint density at radius 2 is 1.93 bits per heavy atom. The second kappa shape index (κ2) is 9.05. The first kappa shape index (κ1) is 13.5. The zero-order valence-corrected chi connectivity index (χ0v) is 9.29. The summed E-state index contributed by atoms with van der Waals surface area (Å²) in [6.07, 6.45) is 5.19. The highest BCUT2D eigenvalue weighted by Crippen LogP contribution is 2.11. The average molecular weight is 198 g/mol. The smallest absolute Gasteiger partial charge is 0.104 e. The molecule has 0 radical (unpaired) electrons. The van der Waals surface area contributed by atoms with Crippen molar-refractivity contribution in [3.63, 3.8) is 0 Å². The lowest BCUT2D eigenvalue weighted by Gasteiger charge is -2.13. The molecule has 0 unspecified atom stereocenters. The van der Waals surface area contributed by atoms with Crippen LogP contribution in [0.2, 0.25) is 0 Å². The van der Waals surface area contributed by atoms with Crippen molar-refractivity contribution in [3.8, 4) is 11.8 Å². The standard InChI is InChI=1S/C12H22O2/c1-3-4-5-6-9-12(14)11(2)8-7-10-13/h11-14H,3-6,9-10H2,1-2H3/t11-,12-/m1/s1. The maximum atomic E-state index is 9.66. The van der Waals surface area contributed by atoms with Crippen LogP contribution in [-0.4, -0.2) is 22.9 Å². The van der Waals surface area contributed by atoms with E-state index in [0.717, 1.165) is 12.8 Å². The van der Waals surface area contributed by atoms with Crippen molar-refractivity contribution in [1.29, 1.82) is 0 Å². The van der Waals surface area contributed by atoms with Crippen LogP contribution in [0, 0.1) is 17.8 Å². The van der Waals surface area contributed by atoms with Gasteiger partial charge in [0.2, 0.25) is 0 Å². The zero-order chi connectivity index (χ0) is 10.8. The van der Waals surface area contributed by atoms with Gasteiger partial charge in [0.1, 0.15) is 6.61 Å². The molecule has 0 bridgehead atoms. The molecule has 0 aromatic rings. The minimum absolute atomic E-state index is 0.0243. The number of hydrogen-bond donors (Lipinski definition) is 2. The van der Waals surface area contributed by atoms with Gasteiger partial charge in [-0.25, -0.2) is 0 Å². The second-order valence-corrected chi connectivity index (χ2v) is 3.68. The predicted octanol–water partition coefficient (Wildman–Crippen LogP) is 1.95. The monoisotopic (exact) mass is 198 g/mol. The molecule has 0 saturated heterocycles. The largest absolute Gasteiger partial charge is 0.392 e. The summed E-state index contributed by atoms with van der Waals surface area (Å²) >= 11 is 0. The Hall–Kier alpha value is -0.520. The van der Waals surface area contributed by atoms with Crippen LogP contribution < -0.4 is 0 Å². The summed E-state index contributed by atoms with van der Waals surface area (Å²) in [5.41, 5.74) is 0. The molecular weight excluding hydrogens is 176 g/mol. The van der Waals surface area contributed by atoms with Gasteiger partial charge >= 0.3 is 0 Å². The summed E-state index contributed by atoms with van der Waals surface area (Å²) in [6.45, 7) is 3.95. The van der Waals surface area contributed by atoms with Gasteiger partial charge in [-0.1, -0.05) is 44.4 Å². The van der Waals surface area contributed by atoms with Crippen molar-refractivity contribution >= 4 is 0 Å². The van der Waals surface area contributed by atoms with Crippen LogP contribution in [-0.2, 0) is 0 Å². The van der Waals surface area contributed by atoms with Gasteiger partial charge in [-0.05, 0) is 13.3 Å². The Balaban J connectivity index is 3.56. The van der Waals surface area contributed by atoms with Crippen molar-refractivity contribution in [2.24, 2.45) is 5.92 Å². The minimum atomic E-state index is -0.342. The summed E-state index contributed by atoms with van der Waals surface area (Å²) in [4.78, 5) is 0. The van der Waals surface area contributed by atoms with Crippen LogP contribution in [0.15, 0.2) is 0 Å². The molecule has 0 spiro atoms. The normalized spacial score (nSPS) is 14.3. The van der Waals surface area contributed by atoms with E-state index < -0.39 is 0 Å². The molecule has 0 aliphatic rings. The molecule has 0 heterocycles. The van der Waals surface area contributed by atoms with Gasteiger partial charge in [-0.2, -0.15) is 0 Å². The van der Waals surface area contributed by atoms with Gasteiger partial charge in [0.05, 0.1) is 6.10 Å². The molecule has 2 heteroatoms. The van der Waals surface area contributed by atoms with E-state index in [1.165, 1.54) is 19.3 Å². The average Bonchev–Trinajstić information content (AvgIpc) is 2.20. The predicted molar refractivity (Wildman–Crippen MR) is 58.8 cm³/mol. The summed E-state index contributed by atoms with van der Waals surface area (Å²) in [5.74, 6) is 5.37. The summed E-state index contributed by atoms with van der Waals surface area (Å²) in [7, 11) is 0. The number of aliphatic hydroxyl groups excluding tert-OH is 2. The molecule has 0 saturated carbocycles. The van der Waals surface area contributed by atoms with Crippen molar-refractivity contribution in [2.75, 3.05) is 6.61 Å². The molecule has 2 atom stereocenters. The Morgan fingerprint density at radius 1 is 1.21 bits per heavy atom. The molecule has 0 aliphatic heterocycles. The third kappa shape index (κ3) is 6.94. The van der Waals surface area contributed by atoms with Crippen molar-refractivity contribution < 1.29 is 10.2 Å². The van der Waals surface area contributed by atoms with Crippen LogP contribution in [0.4, 0.5) is 0 Å². The SMILES string of the molecule is CCCCCC[C@@H](O)[C@H](C)C#CCO. The Morgan fingerprint density at radius 3 is 2.50 bits per heavy atom. The van der Waals surface area contributed by atoms with E-state index in [1.807, 2.05) is 6.92 Å². The van der Waals surface area contributed by atoms with Crippen molar-refractivity contribution in [1.82, 2.24) is 0 Å². The fourth-order valence-electron chi connectivity index (χ4n) is 1.33. The lowest BCUT2D eigenvalue weighted by Crippen LogP contribution is -2.15. The van der Waals surface area contributed by atoms with Crippen LogP contribution in [0.1, 0.15) is 46.0 Å². The van der Waals surface area contributed by atoms with Crippen molar-refractivity contribution in [3.05, 3.63) is 0 Å². The van der Waals surface area contributed by atoms with Crippen LogP contribution in [0.25, 0.3) is 0 Å². The van der Waals surface area contributed by atoms with E-state index in [0.29, 0.717) is 0 Å². The Labute approximate surface area is 87.3 Å². The molecule has 0 aromatic heterocycles. The fourth-order valence-corrected chi connectivity index (χ4v) is 1.33. The molecule has 14 heavy (non-hydrogen) atoms. The van der Waals surface area contributed by atoms with Crippen molar-refractivity contribution in [2.45, 2.75) is 52.1 Å². The maximum absolute atomic E-state index is 9.66. The maximum Gasteiger partial charge on any atom is 0.104 e. The molecule has 0 rings (SSSR count). The molecule has 2 nitrogen and oxygen atoms in total. The summed E-state index contributed by atoms with van der Waals surface area (Å²) in [6, 6.07) is 0. The quantitative estimate of drug-likeness (QED) is 0.506. The highest BCUT2D eigenvalue weighted by atomic mass is 16.3. The van der Waals surface area contributed by atoms with Gasteiger partial charge in [0.25, 0.3) is 0 Å². The fraction of sp³-hybridized carbons (Fsp3) is 0.833. The minimum Gasteiger partial charge on any atom is -0.392 e. The molecule has 0 aliphatic carbocycles. The van der Waals surface area contributed by atoms with E-state index >= 15 is 0 Å². The first-order chi connectivity index (χ1) is 6.72. The van der Waals surface area contributed by atoms with E-state index in [9.17, 15) is 5.11 Å². The zero-order valence-electron chi connectivity index (χ0n) is 9.29. The van der Waals surface area contributed by atoms with E-state index in [4.69, 9.17) is 5.11 Å². The second-order valence-electron chi connectivity index (χ2n) is 3.68. The number of rotatable bonds is 6. The van der Waals surface area contributed by atoms with E-state index in [2.05, 4.69) is 18.8 Å². The Bertz CT molecular complexity index is 178. The molecular formula is C12H22O2. The lowest BCUT2D eigenvalue weighted by molar-refractivity contribution is 0.128. The van der Waals surface area contributed by atoms with Gasteiger partial charge < -0.3 is 10.2 Å². The number of aliphatic hydroxyl groups is 2. The number of hydrogen-bond acceptors (Lipinski definition) is 2. The highest BCUT2D eigenvalue weighted by molar-refractivity contribution is 5.04. The molecule has 0 aromatic carbocycles. The first-order valence-electron chi connectivity index (χ1n) is 5.49. The third-order valence-electron chi connectivity index (χ3n) is 2.34. The lowest BCUT2D eigenvalue weighted by atomic mass is 9.99. The molecule has 82 valence electrons. The number of unbranched alkanes of at least 4 members (excludes halogenated alkanes) is 3. The van der Waals surface area contributed by atoms with Gasteiger partial charge in [-0.3, -0.25) is 0 Å². The van der Waals surface area contributed by atoms with Crippen LogP contribution in [0.5, 0.6) is 0 Å². The molecule has 0 fully saturated rings. The van der Waals surface area contributed by atoms with Gasteiger partial charge in [0, 0.05) is 5.92 Å². The first-order valence-corrected chi connectivity index (χ1v) is 5.49. The highest BCUT2D eigenvalue weighted by Gasteiger charge is 2.10.